The van der Waals surface area contributed by atoms with Crippen LogP contribution in [0.2, 0.25) is 0 Å². The van der Waals surface area contributed by atoms with Gasteiger partial charge in [0, 0.05) is 24.8 Å². The van der Waals surface area contributed by atoms with Crippen LogP contribution in [0, 0.1) is 5.92 Å². The summed E-state index contributed by atoms with van der Waals surface area (Å²) >= 11 is 0. The first-order valence-corrected chi connectivity index (χ1v) is 7.45. The first-order valence-electron chi connectivity index (χ1n) is 7.45. The Balaban J connectivity index is 1.83. The molecule has 1 heterocycles. The molecule has 20 heavy (non-hydrogen) atoms. The second kappa shape index (κ2) is 7.39. The van der Waals surface area contributed by atoms with E-state index in [9.17, 15) is 4.79 Å². The predicted octanol–water partition coefficient (Wildman–Crippen LogP) is 3.26. The Morgan fingerprint density at radius 3 is 2.85 bits per heavy atom. The molecule has 110 valence electrons. The minimum absolute atomic E-state index is 0.152. The summed E-state index contributed by atoms with van der Waals surface area (Å²) in [5, 5.41) is 0. The summed E-state index contributed by atoms with van der Waals surface area (Å²) in [5.41, 5.74) is 0.651. The molecule has 0 unspecified atom stereocenters. The normalized spacial score (nSPS) is 21.3. The molecule has 0 aliphatic heterocycles. The zero-order valence-electron chi connectivity index (χ0n) is 12.3. The number of hydrogen-bond donors (Lipinski definition) is 0. The number of ether oxygens (including phenoxy) is 2. The van der Waals surface area contributed by atoms with Crippen molar-refractivity contribution < 1.29 is 14.3 Å². The van der Waals surface area contributed by atoms with E-state index in [1.54, 1.807) is 18.5 Å². The van der Waals surface area contributed by atoms with Crippen LogP contribution >= 0.6 is 0 Å². The largest absolute Gasteiger partial charge is 0.492 e. The summed E-state index contributed by atoms with van der Waals surface area (Å²) in [5.74, 6) is 1.29. The van der Waals surface area contributed by atoms with Gasteiger partial charge in [-0.3, -0.25) is 9.78 Å². The summed E-state index contributed by atoms with van der Waals surface area (Å²) in [6, 6.07) is 1.80. The number of carbonyl (C=O) groups is 1. The molecule has 1 fully saturated rings. The second-order valence-corrected chi connectivity index (χ2v) is 5.30. The lowest BCUT2D eigenvalue weighted by atomic mass is 9.78. The Morgan fingerprint density at radius 1 is 1.35 bits per heavy atom. The maximum atomic E-state index is 12.2. The molecule has 0 saturated heterocycles. The van der Waals surface area contributed by atoms with Gasteiger partial charge in [-0.1, -0.05) is 6.92 Å². The Labute approximate surface area is 120 Å². The molecule has 0 radical (unpaired) electrons. The lowest BCUT2D eigenvalue weighted by Gasteiger charge is -2.34. The molecule has 1 aliphatic carbocycles. The van der Waals surface area contributed by atoms with Crippen LogP contribution in [0.4, 0.5) is 0 Å². The summed E-state index contributed by atoms with van der Waals surface area (Å²) in [6.45, 7) is 5.46. The smallest absolute Gasteiger partial charge is 0.164 e. The zero-order valence-corrected chi connectivity index (χ0v) is 12.3. The first-order chi connectivity index (χ1) is 9.72. The molecular formula is C16H23NO3. The van der Waals surface area contributed by atoms with Crippen LogP contribution in [0.5, 0.6) is 5.75 Å². The van der Waals surface area contributed by atoms with Gasteiger partial charge in [0.05, 0.1) is 18.9 Å². The molecular weight excluding hydrogens is 254 g/mol. The highest BCUT2D eigenvalue weighted by molar-refractivity contribution is 5.96. The van der Waals surface area contributed by atoms with E-state index in [1.165, 1.54) is 0 Å². The molecule has 2 rings (SSSR count). The number of pyridine rings is 1. The fourth-order valence-corrected chi connectivity index (χ4v) is 2.46. The molecule has 0 spiro atoms. The third-order valence-corrected chi connectivity index (χ3v) is 3.58. The van der Waals surface area contributed by atoms with Crippen LogP contribution in [-0.2, 0) is 4.74 Å². The lowest BCUT2D eigenvalue weighted by Crippen LogP contribution is -2.32. The molecule has 0 N–H and O–H groups in total. The monoisotopic (exact) mass is 277 g/mol. The number of aromatic nitrogens is 1. The number of carbonyl (C=O) groups excluding carboxylic acids is 1. The van der Waals surface area contributed by atoms with Gasteiger partial charge < -0.3 is 9.47 Å². The molecule has 0 amide bonds. The van der Waals surface area contributed by atoms with Gasteiger partial charge in [-0.15, -0.1) is 0 Å². The lowest BCUT2D eigenvalue weighted by molar-refractivity contribution is -0.0246. The van der Waals surface area contributed by atoms with E-state index < -0.39 is 0 Å². The van der Waals surface area contributed by atoms with Crippen molar-refractivity contribution in [2.75, 3.05) is 13.2 Å². The average molecular weight is 277 g/mol. The van der Waals surface area contributed by atoms with Gasteiger partial charge in [-0.05, 0) is 38.2 Å². The minimum Gasteiger partial charge on any atom is -0.492 e. The van der Waals surface area contributed by atoms with E-state index in [0.717, 1.165) is 25.9 Å². The topological polar surface area (TPSA) is 48.4 Å². The molecule has 4 heteroatoms. The van der Waals surface area contributed by atoms with E-state index >= 15 is 0 Å². The molecule has 1 aromatic rings. The third kappa shape index (κ3) is 4.04. The highest BCUT2D eigenvalue weighted by atomic mass is 16.5. The quantitative estimate of drug-likeness (QED) is 0.684. The Hall–Kier alpha value is -1.42. The van der Waals surface area contributed by atoms with Crippen molar-refractivity contribution in [2.24, 2.45) is 5.92 Å². The fourth-order valence-electron chi connectivity index (χ4n) is 2.46. The summed E-state index contributed by atoms with van der Waals surface area (Å²) in [6.07, 6.45) is 7.16. The first kappa shape index (κ1) is 15.0. The van der Waals surface area contributed by atoms with Crippen molar-refractivity contribution in [3.63, 3.8) is 0 Å². The van der Waals surface area contributed by atoms with Crippen LogP contribution in [0.15, 0.2) is 18.5 Å². The predicted molar refractivity (Wildman–Crippen MR) is 77.1 cm³/mol. The van der Waals surface area contributed by atoms with Crippen molar-refractivity contribution in [3.8, 4) is 5.75 Å². The van der Waals surface area contributed by atoms with Gasteiger partial charge in [0.25, 0.3) is 0 Å². The molecule has 4 nitrogen and oxygen atoms in total. The van der Waals surface area contributed by atoms with E-state index in [4.69, 9.17) is 9.47 Å². The van der Waals surface area contributed by atoms with Crippen molar-refractivity contribution in [1.29, 1.82) is 0 Å². The Morgan fingerprint density at radius 2 is 2.15 bits per heavy atom. The third-order valence-electron chi connectivity index (χ3n) is 3.58. The highest BCUT2D eigenvalue weighted by Crippen LogP contribution is 2.33. The fraction of sp³-hybridized carbons (Fsp3) is 0.625. The van der Waals surface area contributed by atoms with Crippen molar-refractivity contribution in [2.45, 2.75) is 45.6 Å². The van der Waals surface area contributed by atoms with Crippen LogP contribution in [0.3, 0.4) is 0 Å². The van der Waals surface area contributed by atoms with Gasteiger partial charge in [-0.25, -0.2) is 0 Å². The van der Waals surface area contributed by atoms with Gasteiger partial charge in [-0.2, -0.15) is 0 Å². The number of hydrogen-bond acceptors (Lipinski definition) is 4. The van der Waals surface area contributed by atoms with E-state index in [1.807, 2.05) is 13.8 Å². The number of nitrogens with zero attached hydrogens (tertiary/aromatic N) is 1. The van der Waals surface area contributed by atoms with Crippen molar-refractivity contribution in [1.82, 2.24) is 4.98 Å². The number of ketones is 1. The number of Topliss-reactive ketones (excluding diaryl/α,β-unsaturated/α-hetero) is 1. The Bertz CT molecular complexity index is 441. The minimum atomic E-state index is 0.152. The summed E-state index contributed by atoms with van der Waals surface area (Å²) < 4.78 is 11.0. The van der Waals surface area contributed by atoms with Crippen molar-refractivity contribution in [3.05, 3.63) is 24.0 Å². The van der Waals surface area contributed by atoms with E-state index in [2.05, 4.69) is 4.98 Å². The average Bonchev–Trinajstić information content (AvgIpc) is 2.43. The Kier molecular flexibility index (Phi) is 5.53. The molecule has 0 aromatic carbocycles. The van der Waals surface area contributed by atoms with Crippen LogP contribution in [-0.4, -0.2) is 30.1 Å². The maximum absolute atomic E-state index is 12.2. The number of rotatable bonds is 8. The molecule has 0 atom stereocenters. The summed E-state index contributed by atoms with van der Waals surface area (Å²) in [7, 11) is 0. The molecule has 0 bridgehead atoms. The van der Waals surface area contributed by atoms with Crippen molar-refractivity contribution >= 4 is 5.78 Å². The van der Waals surface area contributed by atoms with Gasteiger partial charge in [0.15, 0.2) is 5.78 Å². The van der Waals surface area contributed by atoms with Gasteiger partial charge in [0.1, 0.15) is 5.75 Å². The van der Waals surface area contributed by atoms with Gasteiger partial charge in [0.2, 0.25) is 0 Å². The van der Waals surface area contributed by atoms with E-state index in [0.29, 0.717) is 36.4 Å². The maximum Gasteiger partial charge on any atom is 0.164 e. The van der Waals surface area contributed by atoms with E-state index in [-0.39, 0.29) is 5.78 Å². The molecule has 1 saturated carbocycles. The standard InChI is InChI=1S/C16H23NO3/c1-3-5-20-15-9-13(10-17-11-15)16(18)8-12-6-14(7-12)19-4-2/h9-12,14H,3-8H2,1-2H3. The molecule has 1 aromatic heterocycles. The second-order valence-electron chi connectivity index (χ2n) is 5.30. The van der Waals surface area contributed by atoms with Gasteiger partial charge >= 0.3 is 0 Å². The van der Waals surface area contributed by atoms with Crippen LogP contribution < -0.4 is 4.74 Å². The highest BCUT2D eigenvalue weighted by Gasteiger charge is 2.31. The zero-order chi connectivity index (χ0) is 14.4. The molecule has 1 aliphatic rings. The SMILES string of the molecule is CCCOc1cncc(C(=O)CC2CC(OCC)C2)c1. The van der Waals surface area contributed by atoms with Crippen LogP contribution in [0.25, 0.3) is 0 Å². The summed E-state index contributed by atoms with van der Waals surface area (Å²) in [4.78, 5) is 16.3. The van der Waals surface area contributed by atoms with Crippen LogP contribution in [0.1, 0.15) is 49.9 Å².